The summed E-state index contributed by atoms with van der Waals surface area (Å²) in [7, 11) is 0. The molecule has 0 saturated heterocycles. The molecule has 1 rings (SSSR count). The molecule has 4 heteroatoms. The number of amides is 1. The van der Waals surface area contributed by atoms with Crippen LogP contribution in [0.15, 0.2) is 30.3 Å². The van der Waals surface area contributed by atoms with E-state index in [1.165, 1.54) is 0 Å². The zero-order valence-corrected chi connectivity index (χ0v) is 12.0. The number of nitrogens with zero attached hydrogens (tertiary/aromatic N) is 1. The zero-order valence-electron chi connectivity index (χ0n) is 12.0. The van der Waals surface area contributed by atoms with Crippen molar-refractivity contribution in [3.8, 4) is 0 Å². The molecular weight excluding hydrogens is 238 g/mol. The molecular formula is C15H25N3O. The first-order chi connectivity index (χ1) is 9.26. The Morgan fingerprint density at radius 3 is 2.47 bits per heavy atom. The van der Waals surface area contributed by atoms with Gasteiger partial charge in [0.2, 0.25) is 5.91 Å². The number of rotatable bonds is 9. The number of hydrogen-bond acceptors (Lipinski definition) is 3. The van der Waals surface area contributed by atoms with E-state index in [0.717, 1.165) is 31.7 Å². The minimum absolute atomic E-state index is 0.0448. The maximum Gasteiger partial charge on any atom is 0.234 e. The summed E-state index contributed by atoms with van der Waals surface area (Å²) in [6.07, 6.45) is 0. The summed E-state index contributed by atoms with van der Waals surface area (Å²) in [6, 6.07) is 9.94. The number of carbonyl (C=O) groups excluding carboxylic acids is 1. The summed E-state index contributed by atoms with van der Waals surface area (Å²) in [5, 5.41) is 6.07. The standard InChI is InChI=1S/C15H25N3O/c1-3-18(4-2)11-10-16-13-15(19)17-12-14-8-6-5-7-9-14/h5-9,16H,3-4,10-13H2,1-2H3,(H,17,19). The average Bonchev–Trinajstić information content (AvgIpc) is 2.46. The van der Waals surface area contributed by atoms with Gasteiger partial charge in [0.25, 0.3) is 0 Å². The molecule has 0 heterocycles. The molecule has 106 valence electrons. The first-order valence-electron chi connectivity index (χ1n) is 7.00. The van der Waals surface area contributed by atoms with Gasteiger partial charge in [-0.1, -0.05) is 44.2 Å². The molecule has 1 amide bonds. The highest BCUT2D eigenvalue weighted by molar-refractivity contribution is 5.77. The van der Waals surface area contributed by atoms with Crippen LogP contribution in [0.2, 0.25) is 0 Å². The molecule has 0 atom stereocenters. The van der Waals surface area contributed by atoms with Crippen molar-refractivity contribution in [2.45, 2.75) is 20.4 Å². The van der Waals surface area contributed by atoms with Crippen molar-refractivity contribution in [1.82, 2.24) is 15.5 Å². The first-order valence-corrected chi connectivity index (χ1v) is 7.00. The zero-order chi connectivity index (χ0) is 13.9. The van der Waals surface area contributed by atoms with E-state index in [0.29, 0.717) is 13.1 Å². The van der Waals surface area contributed by atoms with Crippen molar-refractivity contribution in [2.75, 3.05) is 32.7 Å². The van der Waals surface area contributed by atoms with Crippen LogP contribution in [0, 0.1) is 0 Å². The van der Waals surface area contributed by atoms with Gasteiger partial charge in [-0.15, -0.1) is 0 Å². The van der Waals surface area contributed by atoms with Crippen LogP contribution in [-0.2, 0) is 11.3 Å². The molecule has 0 saturated carbocycles. The van der Waals surface area contributed by atoms with Gasteiger partial charge in [0.15, 0.2) is 0 Å². The van der Waals surface area contributed by atoms with Crippen LogP contribution in [0.1, 0.15) is 19.4 Å². The Hall–Kier alpha value is -1.39. The van der Waals surface area contributed by atoms with Gasteiger partial charge >= 0.3 is 0 Å². The molecule has 1 aromatic carbocycles. The van der Waals surface area contributed by atoms with Gasteiger partial charge in [-0.2, -0.15) is 0 Å². The second kappa shape index (κ2) is 9.53. The van der Waals surface area contributed by atoms with E-state index in [1.54, 1.807) is 0 Å². The molecule has 2 N–H and O–H groups in total. The summed E-state index contributed by atoms with van der Waals surface area (Å²) in [6.45, 7) is 9.22. The largest absolute Gasteiger partial charge is 0.351 e. The number of carbonyl (C=O) groups is 1. The van der Waals surface area contributed by atoms with Gasteiger partial charge in [0.1, 0.15) is 0 Å². The molecule has 0 aliphatic carbocycles. The van der Waals surface area contributed by atoms with Crippen LogP contribution in [0.25, 0.3) is 0 Å². The fourth-order valence-electron chi connectivity index (χ4n) is 1.84. The van der Waals surface area contributed by atoms with Gasteiger partial charge in [-0.25, -0.2) is 0 Å². The Morgan fingerprint density at radius 2 is 1.84 bits per heavy atom. The maximum atomic E-state index is 11.6. The van der Waals surface area contributed by atoms with Crippen LogP contribution in [0.3, 0.4) is 0 Å². The number of benzene rings is 1. The van der Waals surface area contributed by atoms with Crippen molar-refractivity contribution < 1.29 is 4.79 Å². The topological polar surface area (TPSA) is 44.4 Å². The van der Waals surface area contributed by atoms with Gasteiger partial charge < -0.3 is 15.5 Å². The Kier molecular flexibility index (Phi) is 7.86. The third-order valence-electron chi connectivity index (χ3n) is 3.12. The molecule has 0 aliphatic heterocycles. The number of likely N-dealkylation sites (N-methyl/N-ethyl adjacent to an activating group) is 1. The van der Waals surface area contributed by atoms with Crippen LogP contribution < -0.4 is 10.6 Å². The van der Waals surface area contributed by atoms with Gasteiger partial charge in [-0.05, 0) is 18.7 Å². The first kappa shape index (κ1) is 15.7. The summed E-state index contributed by atoms with van der Waals surface area (Å²) in [5.41, 5.74) is 1.12. The van der Waals surface area contributed by atoms with Crippen molar-refractivity contribution in [2.24, 2.45) is 0 Å². The SMILES string of the molecule is CCN(CC)CCNCC(=O)NCc1ccccc1. The predicted octanol–water partition coefficient (Wildman–Crippen LogP) is 1.23. The summed E-state index contributed by atoms with van der Waals surface area (Å²) >= 11 is 0. The van der Waals surface area contributed by atoms with E-state index >= 15 is 0 Å². The van der Waals surface area contributed by atoms with E-state index in [9.17, 15) is 4.79 Å². The second-order valence-electron chi connectivity index (χ2n) is 4.47. The molecule has 4 nitrogen and oxygen atoms in total. The van der Waals surface area contributed by atoms with Crippen molar-refractivity contribution in [1.29, 1.82) is 0 Å². The highest BCUT2D eigenvalue weighted by Crippen LogP contribution is 1.96. The van der Waals surface area contributed by atoms with Gasteiger partial charge in [0, 0.05) is 19.6 Å². The lowest BCUT2D eigenvalue weighted by atomic mass is 10.2. The highest BCUT2D eigenvalue weighted by Gasteiger charge is 2.02. The Morgan fingerprint density at radius 1 is 1.16 bits per heavy atom. The van der Waals surface area contributed by atoms with Crippen molar-refractivity contribution in [3.05, 3.63) is 35.9 Å². The van der Waals surface area contributed by atoms with Gasteiger partial charge in [0.05, 0.1) is 6.54 Å². The lowest BCUT2D eigenvalue weighted by Crippen LogP contribution is -2.37. The van der Waals surface area contributed by atoms with Crippen LogP contribution in [-0.4, -0.2) is 43.5 Å². The Labute approximate surface area is 116 Å². The maximum absolute atomic E-state index is 11.6. The Balaban J connectivity index is 2.08. The molecule has 0 aromatic heterocycles. The average molecular weight is 263 g/mol. The van der Waals surface area contributed by atoms with Crippen LogP contribution >= 0.6 is 0 Å². The van der Waals surface area contributed by atoms with E-state index < -0.39 is 0 Å². The third kappa shape index (κ3) is 6.94. The summed E-state index contributed by atoms with van der Waals surface area (Å²) < 4.78 is 0. The van der Waals surface area contributed by atoms with E-state index in [2.05, 4.69) is 29.4 Å². The molecule has 1 aromatic rings. The van der Waals surface area contributed by atoms with E-state index in [4.69, 9.17) is 0 Å². The summed E-state index contributed by atoms with van der Waals surface area (Å²) in [5.74, 6) is 0.0448. The minimum Gasteiger partial charge on any atom is -0.351 e. The quantitative estimate of drug-likeness (QED) is 0.659. The van der Waals surface area contributed by atoms with Crippen molar-refractivity contribution >= 4 is 5.91 Å². The molecule has 0 radical (unpaired) electrons. The fraction of sp³-hybridized carbons (Fsp3) is 0.533. The minimum atomic E-state index is 0.0448. The monoisotopic (exact) mass is 263 g/mol. The summed E-state index contributed by atoms with van der Waals surface area (Å²) in [4.78, 5) is 13.9. The molecule has 0 spiro atoms. The molecule has 19 heavy (non-hydrogen) atoms. The third-order valence-corrected chi connectivity index (χ3v) is 3.12. The lowest BCUT2D eigenvalue weighted by Gasteiger charge is -2.17. The second-order valence-corrected chi connectivity index (χ2v) is 4.47. The van der Waals surface area contributed by atoms with Crippen LogP contribution in [0.5, 0.6) is 0 Å². The number of nitrogens with one attached hydrogen (secondary N) is 2. The molecule has 0 aliphatic rings. The van der Waals surface area contributed by atoms with E-state index in [-0.39, 0.29) is 5.91 Å². The normalized spacial score (nSPS) is 10.7. The van der Waals surface area contributed by atoms with Crippen molar-refractivity contribution in [3.63, 3.8) is 0 Å². The van der Waals surface area contributed by atoms with Crippen LogP contribution in [0.4, 0.5) is 0 Å². The Bertz CT molecular complexity index is 350. The predicted molar refractivity (Wildman–Crippen MR) is 78.9 cm³/mol. The molecule has 0 fully saturated rings. The molecule has 0 bridgehead atoms. The lowest BCUT2D eigenvalue weighted by molar-refractivity contribution is -0.120. The molecule has 0 unspecified atom stereocenters. The number of hydrogen-bond donors (Lipinski definition) is 2. The fourth-order valence-corrected chi connectivity index (χ4v) is 1.84. The smallest absolute Gasteiger partial charge is 0.234 e. The highest BCUT2D eigenvalue weighted by atomic mass is 16.1. The van der Waals surface area contributed by atoms with E-state index in [1.807, 2.05) is 30.3 Å². The van der Waals surface area contributed by atoms with Gasteiger partial charge in [-0.3, -0.25) is 4.79 Å².